The third kappa shape index (κ3) is 3.21. The molecule has 0 saturated heterocycles. The van der Waals surface area contributed by atoms with Gasteiger partial charge in [-0.25, -0.2) is 0 Å². The fraction of sp³-hybridized carbons (Fsp3) is 0.167. The van der Waals surface area contributed by atoms with Crippen LogP contribution in [0.15, 0.2) is 102 Å². The zero-order valence-corrected chi connectivity index (χ0v) is 17.6. The lowest BCUT2D eigenvalue weighted by Gasteiger charge is -2.28. The molecule has 3 aromatic carbocycles. The summed E-state index contributed by atoms with van der Waals surface area (Å²) >= 11 is 0. The van der Waals surface area contributed by atoms with Crippen LogP contribution >= 0.6 is 0 Å². The number of benzene rings is 3. The highest BCUT2D eigenvalue weighted by Crippen LogP contribution is 2.41. The fourth-order valence-electron chi connectivity index (χ4n) is 5.31. The normalized spacial score (nSPS) is 18.9. The van der Waals surface area contributed by atoms with Crippen LogP contribution in [-0.2, 0) is 19.3 Å². The molecule has 6 rings (SSSR count). The molecule has 31 heavy (non-hydrogen) atoms. The highest BCUT2D eigenvalue weighted by atomic mass is 14.8. The molecule has 1 heterocycles. The van der Waals surface area contributed by atoms with Crippen molar-refractivity contribution in [1.29, 1.82) is 0 Å². The van der Waals surface area contributed by atoms with Gasteiger partial charge < -0.3 is 0 Å². The van der Waals surface area contributed by atoms with E-state index >= 15 is 0 Å². The van der Waals surface area contributed by atoms with Crippen molar-refractivity contribution in [2.75, 3.05) is 0 Å². The quantitative estimate of drug-likeness (QED) is 0.451. The van der Waals surface area contributed by atoms with Gasteiger partial charge in [0.25, 0.3) is 0 Å². The summed E-state index contributed by atoms with van der Waals surface area (Å²) in [6.07, 6.45) is 15.5. The minimum absolute atomic E-state index is 0.0539. The van der Waals surface area contributed by atoms with E-state index in [0.29, 0.717) is 0 Å². The van der Waals surface area contributed by atoms with Crippen LogP contribution in [0, 0.1) is 0 Å². The molecular weight excluding hydrogens is 374 g/mol. The van der Waals surface area contributed by atoms with Gasteiger partial charge in [-0.1, -0.05) is 91.0 Å². The van der Waals surface area contributed by atoms with Crippen molar-refractivity contribution in [2.24, 2.45) is 4.99 Å². The Labute approximate surface area is 184 Å². The maximum atomic E-state index is 5.19. The summed E-state index contributed by atoms with van der Waals surface area (Å²) in [7, 11) is 0. The molecule has 2 aliphatic carbocycles. The van der Waals surface area contributed by atoms with Crippen LogP contribution in [0.25, 0.3) is 16.7 Å². The molecule has 1 atom stereocenters. The molecule has 0 amide bonds. The standard InChI is InChI=1S/C30H25N/c1-2-10-22(11-3-1)29-15-6-7-16-30(31-29)28-14-8-13-24-26-18-17-21-9-4-5-12-23(21)25(26)19-20-27(24)28/h1-7,9-12,14-16,19-20,30H,8,13,17-18H2. The lowest BCUT2D eigenvalue weighted by Crippen LogP contribution is -2.16. The average Bonchev–Trinajstić information content (AvgIpc) is 3.10. The third-order valence-electron chi connectivity index (χ3n) is 6.78. The maximum absolute atomic E-state index is 5.19. The Balaban J connectivity index is 1.43. The molecule has 3 aromatic rings. The molecule has 0 N–H and O–H groups in total. The number of hydrogen-bond donors (Lipinski definition) is 0. The topological polar surface area (TPSA) is 12.4 Å². The molecule has 1 heteroatoms. The summed E-state index contributed by atoms with van der Waals surface area (Å²) in [4.78, 5) is 5.19. The first-order chi connectivity index (χ1) is 15.4. The van der Waals surface area contributed by atoms with Crippen LogP contribution in [0.4, 0.5) is 0 Å². The molecule has 0 radical (unpaired) electrons. The van der Waals surface area contributed by atoms with E-state index in [1.165, 1.54) is 33.4 Å². The molecule has 1 nitrogen and oxygen atoms in total. The van der Waals surface area contributed by atoms with Gasteiger partial charge in [0.15, 0.2) is 0 Å². The molecule has 0 bridgehead atoms. The van der Waals surface area contributed by atoms with Crippen molar-refractivity contribution in [3.05, 3.63) is 125 Å². The predicted molar refractivity (Wildman–Crippen MR) is 131 cm³/mol. The van der Waals surface area contributed by atoms with E-state index in [0.717, 1.165) is 31.4 Å². The highest BCUT2D eigenvalue weighted by molar-refractivity contribution is 6.09. The monoisotopic (exact) mass is 399 g/mol. The summed E-state index contributed by atoms with van der Waals surface area (Å²) in [5, 5.41) is 0. The molecule has 3 aliphatic rings. The van der Waals surface area contributed by atoms with E-state index in [1.807, 2.05) is 0 Å². The lowest BCUT2D eigenvalue weighted by atomic mass is 9.77. The molecule has 0 saturated carbocycles. The molecule has 0 aromatic heterocycles. The lowest BCUT2D eigenvalue weighted by molar-refractivity contribution is 0.874. The van der Waals surface area contributed by atoms with Gasteiger partial charge in [0.1, 0.15) is 0 Å². The molecule has 0 fully saturated rings. The summed E-state index contributed by atoms with van der Waals surface area (Å²) in [5.74, 6) is 0. The summed E-state index contributed by atoms with van der Waals surface area (Å²) in [6, 6.07) is 24.2. The van der Waals surface area contributed by atoms with Gasteiger partial charge in [-0.05, 0) is 76.3 Å². The van der Waals surface area contributed by atoms with Crippen LogP contribution in [0.2, 0.25) is 0 Å². The van der Waals surface area contributed by atoms with Gasteiger partial charge >= 0.3 is 0 Å². The largest absolute Gasteiger partial charge is 0.272 e. The number of fused-ring (bicyclic) bond motifs is 5. The summed E-state index contributed by atoms with van der Waals surface area (Å²) < 4.78 is 0. The second kappa shape index (κ2) is 7.67. The van der Waals surface area contributed by atoms with Gasteiger partial charge in [0.05, 0.1) is 11.8 Å². The molecule has 1 unspecified atom stereocenters. The van der Waals surface area contributed by atoms with Gasteiger partial charge in [0, 0.05) is 0 Å². The highest BCUT2D eigenvalue weighted by Gasteiger charge is 2.25. The van der Waals surface area contributed by atoms with E-state index in [9.17, 15) is 0 Å². The first kappa shape index (κ1) is 18.3. The maximum Gasteiger partial charge on any atom is 0.0943 e. The van der Waals surface area contributed by atoms with Crippen LogP contribution in [0.3, 0.4) is 0 Å². The van der Waals surface area contributed by atoms with E-state index in [1.54, 1.807) is 11.1 Å². The minimum atomic E-state index is 0.0539. The van der Waals surface area contributed by atoms with E-state index in [2.05, 4.69) is 97.1 Å². The van der Waals surface area contributed by atoms with E-state index in [-0.39, 0.29) is 6.04 Å². The summed E-state index contributed by atoms with van der Waals surface area (Å²) in [5.41, 5.74) is 12.4. The second-order valence-corrected chi connectivity index (χ2v) is 8.54. The molecule has 150 valence electrons. The van der Waals surface area contributed by atoms with Crippen LogP contribution in [0.1, 0.15) is 34.2 Å². The number of allylic oxidation sites excluding steroid dienone is 4. The Bertz CT molecular complexity index is 1270. The zero-order chi connectivity index (χ0) is 20.6. The van der Waals surface area contributed by atoms with Gasteiger partial charge in [-0.3, -0.25) is 4.99 Å². The number of aryl methyl sites for hydroxylation is 1. The first-order valence-corrected chi connectivity index (χ1v) is 11.3. The summed E-state index contributed by atoms with van der Waals surface area (Å²) in [6.45, 7) is 0. The number of rotatable bonds is 2. The van der Waals surface area contributed by atoms with Gasteiger partial charge in [-0.2, -0.15) is 0 Å². The van der Waals surface area contributed by atoms with Crippen LogP contribution in [-0.4, -0.2) is 11.8 Å². The molecule has 0 spiro atoms. The van der Waals surface area contributed by atoms with Crippen molar-refractivity contribution in [3.63, 3.8) is 0 Å². The SMILES string of the molecule is C1=CC(c2ccccc2)=NC(C2=CCCc3c2ccc2c3CCc3ccccc3-2)C=C1. The number of aliphatic imine (C=N–C) groups is 1. The van der Waals surface area contributed by atoms with Crippen LogP contribution in [0.5, 0.6) is 0 Å². The Morgan fingerprint density at radius 2 is 1.48 bits per heavy atom. The minimum Gasteiger partial charge on any atom is -0.272 e. The van der Waals surface area contributed by atoms with Gasteiger partial charge in [0.2, 0.25) is 0 Å². The Morgan fingerprint density at radius 3 is 2.42 bits per heavy atom. The second-order valence-electron chi connectivity index (χ2n) is 8.54. The number of hydrogen-bond acceptors (Lipinski definition) is 1. The van der Waals surface area contributed by atoms with Gasteiger partial charge in [-0.15, -0.1) is 0 Å². The van der Waals surface area contributed by atoms with E-state index in [4.69, 9.17) is 4.99 Å². The average molecular weight is 400 g/mol. The first-order valence-electron chi connectivity index (χ1n) is 11.3. The van der Waals surface area contributed by atoms with Crippen LogP contribution < -0.4 is 0 Å². The smallest absolute Gasteiger partial charge is 0.0943 e. The number of nitrogens with zero attached hydrogens (tertiary/aromatic N) is 1. The van der Waals surface area contributed by atoms with Crippen molar-refractivity contribution in [1.82, 2.24) is 0 Å². The Hall–Kier alpha value is -3.45. The fourth-order valence-corrected chi connectivity index (χ4v) is 5.31. The van der Waals surface area contributed by atoms with Crippen molar-refractivity contribution >= 4 is 11.3 Å². The molecular formula is C30H25N. The molecule has 1 aliphatic heterocycles. The zero-order valence-electron chi connectivity index (χ0n) is 17.6. The van der Waals surface area contributed by atoms with Crippen molar-refractivity contribution in [2.45, 2.75) is 31.7 Å². The van der Waals surface area contributed by atoms with E-state index < -0.39 is 0 Å². The van der Waals surface area contributed by atoms with Crippen molar-refractivity contribution in [3.8, 4) is 11.1 Å². The van der Waals surface area contributed by atoms with Crippen molar-refractivity contribution < 1.29 is 0 Å². The predicted octanol–water partition coefficient (Wildman–Crippen LogP) is 6.77. The third-order valence-corrected chi connectivity index (χ3v) is 6.78. The Morgan fingerprint density at radius 1 is 0.677 bits per heavy atom. The Kier molecular flexibility index (Phi) is 4.53.